The molecule has 5 heteroatoms. The molecule has 0 spiro atoms. The Morgan fingerprint density at radius 2 is 1.95 bits per heavy atom. The standard InChI is InChI=1S/C15H13Cl2NO2/c1-9-11(16)4-3-5-13(9)18-8-10-6-12(17)15(19)14(7-10)20-2/h3-8,19H,1-2H3. The van der Waals surface area contributed by atoms with Crippen LogP contribution in [0.1, 0.15) is 11.1 Å². The van der Waals surface area contributed by atoms with Crippen molar-refractivity contribution in [2.45, 2.75) is 6.92 Å². The molecule has 0 aliphatic heterocycles. The summed E-state index contributed by atoms with van der Waals surface area (Å²) >= 11 is 12.0. The van der Waals surface area contributed by atoms with E-state index < -0.39 is 0 Å². The third-order valence-electron chi connectivity index (χ3n) is 2.86. The lowest BCUT2D eigenvalue weighted by Gasteiger charge is -2.06. The van der Waals surface area contributed by atoms with Crippen molar-refractivity contribution < 1.29 is 9.84 Å². The summed E-state index contributed by atoms with van der Waals surface area (Å²) in [6.45, 7) is 1.90. The molecule has 20 heavy (non-hydrogen) atoms. The Hall–Kier alpha value is -1.71. The summed E-state index contributed by atoms with van der Waals surface area (Å²) in [5.74, 6) is 0.229. The normalized spacial score (nSPS) is 11.0. The SMILES string of the molecule is COc1cc(C=Nc2cccc(Cl)c2C)cc(Cl)c1O. The summed E-state index contributed by atoms with van der Waals surface area (Å²) < 4.78 is 5.04. The number of halogens is 2. The van der Waals surface area contributed by atoms with E-state index in [0.717, 1.165) is 16.8 Å². The monoisotopic (exact) mass is 309 g/mol. The quantitative estimate of drug-likeness (QED) is 0.830. The number of methoxy groups -OCH3 is 1. The smallest absolute Gasteiger partial charge is 0.176 e. The van der Waals surface area contributed by atoms with Gasteiger partial charge < -0.3 is 9.84 Å². The number of ether oxygens (including phenoxy) is 1. The van der Waals surface area contributed by atoms with Crippen LogP contribution in [-0.2, 0) is 0 Å². The van der Waals surface area contributed by atoms with E-state index in [-0.39, 0.29) is 10.8 Å². The van der Waals surface area contributed by atoms with Crippen LogP contribution in [0, 0.1) is 6.92 Å². The first kappa shape index (κ1) is 14.7. The zero-order valence-electron chi connectivity index (χ0n) is 11.0. The number of rotatable bonds is 3. The fourth-order valence-electron chi connectivity index (χ4n) is 1.70. The van der Waals surface area contributed by atoms with Gasteiger partial charge in [-0.1, -0.05) is 29.3 Å². The molecule has 0 fully saturated rings. The van der Waals surface area contributed by atoms with Crippen LogP contribution in [-0.4, -0.2) is 18.4 Å². The molecule has 0 amide bonds. The molecule has 1 N–H and O–H groups in total. The first-order valence-electron chi connectivity index (χ1n) is 5.88. The number of aliphatic imine (C=N–C) groups is 1. The largest absolute Gasteiger partial charge is 0.503 e. The van der Waals surface area contributed by atoms with Gasteiger partial charge in [0.25, 0.3) is 0 Å². The molecular weight excluding hydrogens is 297 g/mol. The first-order valence-corrected chi connectivity index (χ1v) is 6.64. The van der Waals surface area contributed by atoms with Gasteiger partial charge in [0.05, 0.1) is 17.8 Å². The van der Waals surface area contributed by atoms with Crippen LogP contribution in [0.2, 0.25) is 10.0 Å². The summed E-state index contributed by atoms with van der Waals surface area (Å²) in [5, 5.41) is 10.6. The molecule has 0 aliphatic rings. The topological polar surface area (TPSA) is 41.8 Å². The van der Waals surface area contributed by atoms with E-state index in [0.29, 0.717) is 10.8 Å². The molecule has 0 heterocycles. The van der Waals surface area contributed by atoms with E-state index in [1.807, 2.05) is 25.1 Å². The summed E-state index contributed by atoms with van der Waals surface area (Å²) in [7, 11) is 1.47. The van der Waals surface area contributed by atoms with E-state index in [1.54, 1.807) is 18.3 Å². The Kier molecular flexibility index (Phi) is 4.53. The van der Waals surface area contributed by atoms with Crippen molar-refractivity contribution in [3.05, 3.63) is 51.5 Å². The van der Waals surface area contributed by atoms with Crippen LogP contribution >= 0.6 is 23.2 Å². The molecule has 0 aliphatic carbocycles. The molecule has 0 saturated heterocycles. The van der Waals surface area contributed by atoms with Crippen LogP contribution in [0.5, 0.6) is 11.5 Å². The van der Waals surface area contributed by atoms with E-state index in [4.69, 9.17) is 27.9 Å². The van der Waals surface area contributed by atoms with Crippen LogP contribution < -0.4 is 4.74 Å². The fourth-order valence-corrected chi connectivity index (χ4v) is 2.09. The number of hydrogen-bond donors (Lipinski definition) is 1. The van der Waals surface area contributed by atoms with Crippen molar-refractivity contribution in [1.29, 1.82) is 0 Å². The van der Waals surface area contributed by atoms with Gasteiger partial charge >= 0.3 is 0 Å². The average molecular weight is 310 g/mol. The van der Waals surface area contributed by atoms with Crippen LogP contribution in [0.3, 0.4) is 0 Å². The van der Waals surface area contributed by atoms with Crippen molar-refractivity contribution in [1.82, 2.24) is 0 Å². The highest BCUT2D eigenvalue weighted by molar-refractivity contribution is 6.32. The number of phenols is 1. The number of aromatic hydroxyl groups is 1. The molecule has 0 unspecified atom stereocenters. The predicted molar refractivity (Wildman–Crippen MR) is 83.1 cm³/mol. The molecule has 2 aromatic rings. The molecular formula is C15H13Cl2NO2. The molecule has 0 bridgehead atoms. The van der Waals surface area contributed by atoms with Crippen molar-refractivity contribution in [3.8, 4) is 11.5 Å². The highest BCUT2D eigenvalue weighted by atomic mass is 35.5. The lowest BCUT2D eigenvalue weighted by Crippen LogP contribution is -1.88. The van der Waals surface area contributed by atoms with Gasteiger partial charge in [-0.25, -0.2) is 0 Å². The average Bonchev–Trinajstić information content (AvgIpc) is 2.44. The molecule has 2 rings (SSSR count). The van der Waals surface area contributed by atoms with Crippen molar-refractivity contribution in [2.75, 3.05) is 7.11 Å². The van der Waals surface area contributed by atoms with Crippen LogP contribution in [0.4, 0.5) is 5.69 Å². The minimum Gasteiger partial charge on any atom is -0.503 e. The predicted octanol–water partition coefficient (Wildman–Crippen LogP) is 4.77. The Balaban J connectivity index is 2.37. The maximum absolute atomic E-state index is 9.67. The van der Waals surface area contributed by atoms with Crippen LogP contribution in [0.15, 0.2) is 35.3 Å². The summed E-state index contributed by atoms with van der Waals surface area (Å²) in [4.78, 5) is 4.38. The molecule has 3 nitrogen and oxygen atoms in total. The Morgan fingerprint density at radius 3 is 2.65 bits per heavy atom. The second kappa shape index (κ2) is 6.16. The highest BCUT2D eigenvalue weighted by Gasteiger charge is 2.08. The van der Waals surface area contributed by atoms with Gasteiger partial charge in [0.1, 0.15) is 0 Å². The zero-order chi connectivity index (χ0) is 14.7. The summed E-state index contributed by atoms with van der Waals surface area (Å²) in [5.41, 5.74) is 2.41. The molecule has 0 saturated carbocycles. The number of phenolic OH excluding ortho intramolecular Hbond substituents is 1. The summed E-state index contributed by atoms with van der Waals surface area (Å²) in [6.07, 6.45) is 1.65. The van der Waals surface area contributed by atoms with E-state index in [9.17, 15) is 5.11 Å². The molecule has 104 valence electrons. The Labute approximate surface area is 127 Å². The fraction of sp³-hybridized carbons (Fsp3) is 0.133. The second-order valence-electron chi connectivity index (χ2n) is 4.20. The van der Waals surface area contributed by atoms with Gasteiger partial charge in [0.2, 0.25) is 0 Å². The Bertz CT molecular complexity index is 669. The van der Waals surface area contributed by atoms with Crippen molar-refractivity contribution >= 4 is 35.1 Å². The number of hydrogen-bond acceptors (Lipinski definition) is 3. The molecule has 0 atom stereocenters. The van der Waals surface area contributed by atoms with Gasteiger partial charge in [-0.2, -0.15) is 0 Å². The minimum atomic E-state index is -0.0785. The summed E-state index contributed by atoms with van der Waals surface area (Å²) in [6, 6.07) is 8.80. The third-order valence-corrected chi connectivity index (χ3v) is 3.56. The lowest BCUT2D eigenvalue weighted by atomic mass is 10.2. The first-order chi connectivity index (χ1) is 9.52. The number of benzene rings is 2. The highest BCUT2D eigenvalue weighted by Crippen LogP contribution is 2.34. The molecule has 2 aromatic carbocycles. The van der Waals surface area contributed by atoms with Gasteiger partial charge in [-0.15, -0.1) is 0 Å². The number of nitrogens with zero attached hydrogens (tertiary/aromatic N) is 1. The third kappa shape index (κ3) is 3.06. The van der Waals surface area contributed by atoms with Crippen LogP contribution in [0.25, 0.3) is 0 Å². The molecule has 0 aromatic heterocycles. The Morgan fingerprint density at radius 1 is 1.20 bits per heavy atom. The van der Waals surface area contributed by atoms with E-state index in [2.05, 4.69) is 4.99 Å². The van der Waals surface area contributed by atoms with Gasteiger partial charge in [0.15, 0.2) is 11.5 Å². The second-order valence-corrected chi connectivity index (χ2v) is 5.01. The van der Waals surface area contributed by atoms with Gasteiger partial charge in [0, 0.05) is 11.2 Å². The lowest BCUT2D eigenvalue weighted by molar-refractivity contribution is 0.373. The van der Waals surface area contributed by atoms with Crippen molar-refractivity contribution in [3.63, 3.8) is 0 Å². The van der Waals surface area contributed by atoms with Gasteiger partial charge in [-0.05, 0) is 42.3 Å². The maximum Gasteiger partial charge on any atom is 0.176 e. The van der Waals surface area contributed by atoms with E-state index >= 15 is 0 Å². The maximum atomic E-state index is 9.67. The zero-order valence-corrected chi connectivity index (χ0v) is 12.5. The minimum absolute atomic E-state index is 0.0785. The van der Waals surface area contributed by atoms with E-state index in [1.165, 1.54) is 7.11 Å². The molecule has 0 radical (unpaired) electrons. The van der Waals surface area contributed by atoms with Gasteiger partial charge in [-0.3, -0.25) is 4.99 Å². The van der Waals surface area contributed by atoms with Crippen molar-refractivity contribution in [2.24, 2.45) is 4.99 Å².